The largest absolute Gasteiger partial charge is 0.399 e. The van der Waals surface area contributed by atoms with E-state index in [1.165, 1.54) is 18.2 Å². The highest BCUT2D eigenvalue weighted by Gasteiger charge is 2.26. The van der Waals surface area contributed by atoms with Crippen LogP contribution in [0.2, 0.25) is 0 Å². The molecule has 6 nitrogen and oxygen atoms in total. The molecule has 0 aromatic heterocycles. The lowest BCUT2D eigenvalue weighted by Gasteiger charge is -2.07. The quantitative estimate of drug-likeness (QED) is 0.516. The van der Waals surface area contributed by atoms with Gasteiger partial charge < -0.3 is 11.1 Å². The Labute approximate surface area is 117 Å². The van der Waals surface area contributed by atoms with E-state index in [1.807, 2.05) is 0 Å². The van der Waals surface area contributed by atoms with Gasteiger partial charge in [0.1, 0.15) is 11.4 Å². The van der Waals surface area contributed by atoms with E-state index in [0.717, 1.165) is 0 Å². The summed E-state index contributed by atoms with van der Waals surface area (Å²) in [6.45, 7) is 0. The molecule has 0 spiro atoms. The van der Waals surface area contributed by atoms with E-state index in [-0.39, 0.29) is 5.69 Å². The molecule has 0 saturated carbocycles. The molecule has 0 atom stereocenters. The maximum Gasteiger partial charge on any atom is 0.305 e. The van der Waals surface area contributed by atoms with E-state index in [9.17, 15) is 23.7 Å². The number of carbonyl (C=O) groups is 1. The number of nitrogens with zero attached hydrogens (tertiary/aromatic N) is 1. The summed E-state index contributed by atoms with van der Waals surface area (Å²) in [5.41, 5.74) is 4.06. The van der Waals surface area contributed by atoms with Crippen molar-refractivity contribution < 1.29 is 18.5 Å². The molecule has 0 aliphatic rings. The Kier molecular flexibility index (Phi) is 3.79. The maximum atomic E-state index is 13.8. The van der Waals surface area contributed by atoms with Gasteiger partial charge in [0.25, 0.3) is 5.91 Å². The van der Waals surface area contributed by atoms with Gasteiger partial charge in [-0.1, -0.05) is 6.07 Å². The number of benzene rings is 2. The molecule has 2 aromatic carbocycles. The molecule has 3 N–H and O–H groups in total. The number of nitro benzene ring substituents is 1. The lowest BCUT2D eigenvalue weighted by molar-refractivity contribution is -0.387. The number of halogens is 2. The summed E-state index contributed by atoms with van der Waals surface area (Å²) < 4.78 is 27.4. The number of amides is 1. The second-order valence-electron chi connectivity index (χ2n) is 4.09. The highest BCUT2D eigenvalue weighted by Crippen LogP contribution is 2.24. The van der Waals surface area contributed by atoms with E-state index in [0.29, 0.717) is 17.8 Å². The minimum atomic E-state index is -1.53. The van der Waals surface area contributed by atoms with Crippen molar-refractivity contribution in [1.29, 1.82) is 0 Å². The van der Waals surface area contributed by atoms with E-state index in [4.69, 9.17) is 5.73 Å². The van der Waals surface area contributed by atoms with Crippen LogP contribution in [-0.4, -0.2) is 10.8 Å². The molecule has 2 rings (SSSR count). The van der Waals surface area contributed by atoms with Crippen LogP contribution in [-0.2, 0) is 0 Å². The van der Waals surface area contributed by atoms with Crippen LogP contribution in [0.5, 0.6) is 0 Å². The number of anilines is 2. The molecule has 0 heterocycles. The average Bonchev–Trinajstić information content (AvgIpc) is 2.38. The van der Waals surface area contributed by atoms with Crippen LogP contribution in [0.25, 0.3) is 0 Å². The average molecular weight is 293 g/mol. The van der Waals surface area contributed by atoms with Gasteiger partial charge in [-0.2, -0.15) is 4.39 Å². The Morgan fingerprint density at radius 2 is 1.95 bits per heavy atom. The number of carbonyl (C=O) groups excluding carboxylic acids is 1. The lowest BCUT2D eigenvalue weighted by atomic mass is 10.1. The van der Waals surface area contributed by atoms with Crippen molar-refractivity contribution in [3.8, 4) is 0 Å². The van der Waals surface area contributed by atoms with Crippen LogP contribution < -0.4 is 11.1 Å². The van der Waals surface area contributed by atoms with Crippen LogP contribution >= 0.6 is 0 Å². The zero-order valence-electron chi connectivity index (χ0n) is 10.5. The third kappa shape index (κ3) is 2.94. The fraction of sp³-hybridized carbons (Fsp3) is 0. The summed E-state index contributed by atoms with van der Waals surface area (Å²) in [5, 5.41) is 12.8. The van der Waals surface area contributed by atoms with Crippen LogP contribution in [0.4, 0.5) is 25.8 Å². The Bertz CT molecular complexity index is 735. The number of nitro groups is 1. The van der Waals surface area contributed by atoms with E-state index in [2.05, 4.69) is 5.32 Å². The molecular formula is C13H9F2N3O3. The molecule has 0 aliphatic carbocycles. The molecular weight excluding hydrogens is 284 g/mol. The lowest BCUT2D eigenvalue weighted by Crippen LogP contribution is -2.17. The van der Waals surface area contributed by atoms with Gasteiger partial charge in [0.15, 0.2) is 0 Å². The molecule has 108 valence electrons. The van der Waals surface area contributed by atoms with Crippen LogP contribution in [0, 0.1) is 21.7 Å². The highest BCUT2D eigenvalue weighted by atomic mass is 19.1. The van der Waals surface area contributed by atoms with Crippen molar-refractivity contribution in [2.75, 3.05) is 11.1 Å². The van der Waals surface area contributed by atoms with Crippen molar-refractivity contribution >= 4 is 23.0 Å². The number of nitrogen functional groups attached to an aromatic ring is 1. The summed E-state index contributed by atoms with van der Waals surface area (Å²) >= 11 is 0. The van der Waals surface area contributed by atoms with E-state index in [1.54, 1.807) is 6.07 Å². The molecule has 1 amide bonds. The van der Waals surface area contributed by atoms with E-state index >= 15 is 0 Å². The summed E-state index contributed by atoms with van der Waals surface area (Å²) in [6.07, 6.45) is 0. The van der Waals surface area contributed by atoms with E-state index < -0.39 is 33.7 Å². The Balaban J connectivity index is 2.39. The summed E-state index contributed by atoms with van der Waals surface area (Å²) in [4.78, 5) is 21.5. The topological polar surface area (TPSA) is 98.3 Å². The monoisotopic (exact) mass is 293 g/mol. The standard InChI is InChI=1S/C13H9F2N3O3/c14-9-4-5-10(18(20)21)12(15)11(9)13(19)17-8-3-1-2-7(16)6-8/h1-6H,16H2,(H,17,19). The van der Waals surface area contributed by atoms with Gasteiger partial charge in [-0.25, -0.2) is 4.39 Å². The maximum absolute atomic E-state index is 13.8. The van der Waals surface area contributed by atoms with Gasteiger partial charge in [0, 0.05) is 17.4 Å². The Hall–Kier alpha value is -3.03. The van der Waals surface area contributed by atoms with Crippen LogP contribution in [0.15, 0.2) is 36.4 Å². The first kappa shape index (κ1) is 14.4. The first-order valence-corrected chi connectivity index (χ1v) is 5.69. The van der Waals surface area contributed by atoms with Gasteiger partial charge in [-0.05, 0) is 24.3 Å². The van der Waals surface area contributed by atoms with Gasteiger partial charge in [-0.3, -0.25) is 14.9 Å². The molecule has 0 fully saturated rings. The van der Waals surface area contributed by atoms with Crippen molar-refractivity contribution in [2.45, 2.75) is 0 Å². The normalized spacial score (nSPS) is 10.2. The summed E-state index contributed by atoms with van der Waals surface area (Å²) in [6, 6.07) is 7.25. The number of rotatable bonds is 3. The SMILES string of the molecule is Nc1cccc(NC(=O)c2c(F)ccc([N+](=O)[O-])c2F)c1. The molecule has 0 saturated heterocycles. The van der Waals surface area contributed by atoms with Gasteiger partial charge in [0.2, 0.25) is 5.82 Å². The Morgan fingerprint density at radius 1 is 1.24 bits per heavy atom. The minimum absolute atomic E-state index is 0.213. The fourth-order valence-electron chi connectivity index (χ4n) is 1.70. The summed E-state index contributed by atoms with van der Waals surface area (Å²) in [7, 11) is 0. The highest BCUT2D eigenvalue weighted by molar-refractivity contribution is 6.05. The molecule has 2 aromatic rings. The van der Waals surface area contributed by atoms with Crippen molar-refractivity contribution in [2.24, 2.45) is 0 Å². The molecule has 21 heavy (non-hydrogen) atoms. The van der Waals surface area contributed by atoms with Gasteiger partial charge in [0.05, 0.1) is 4.92 Å². The number of nitrogens with one attached hydrogen (secondary N) is 1. The molecule has 0 aliphatic heterocycles. The number of hydrogen-bond acceptors (Lipinski definition) is 4. The van der Waals surface area contributed by atoms with Crippen LogP contribution in [0.1, 0.15) is 10.4 Å². The third-order valence-electron chi connectivity index (χ3n) is 2.64. The van der Waals surface area contributed by atoms with Crippen molar-refractivity contribution in [3.05, 3.63) is 63.7 Å². The number of nitrogens with two attached hydrogens (primary N) is 1. The zero-order valence-corrected chi connectivity index (χ0v) is 10.5. The smallest absolute Gasteiger partial charge is 0.305 e. The predicted octanol–water partition coefficient (Wildman–Crippen LogP) is 2.71. The fourth-order valence-corrected chi connectivity index (χ4v) is 1.70. The van der Waals surface area contributed by atoms with Crippen LogP contribution in [0.3, 0.4) is 0 Å². The van der Waals surface area contributed by atoms with Gasteiger partial charge >= 0.3 is 5.69 Å². The van der Waals surface area contributed by atoms with Crippen molar-refractivity contribution in [3.63, 3.8) is 0 Å². The first-order valence-electron chi connectivity index (χ1n) is 5.69. The zero-order chi connectivity index (χ0) is 15.6. The molecule has 8 heteroatoms. The summed E-state index contributed by atoms with van der Waals surface area (Å²) in [5.74, 6) is -3.86. The van der Waals surface area contributed by atoms with Gasteiger partial charge in [-0.15, -0.1) is 0 Å². The second-order valence-corrected chi connectivity index (χ2v) is 4.09. The number of hydrogen-bond donors (Lipinski definition) is 2. The third-order valence-corrected chi connectivity index (χ3v) is 2.64. The second kappa shape index (κ2) is 5.53. The predicted molar refractivity (Wildman–Crippen MR) is 71.8 cm³/mol. The Morgan fingerprint density at radius 3 is 2.57 bits per heavy atom. The molecule has 0 radical (unpaired) electrons. The minimum Gasteiger partial charge on any atom is -0.399 e. The molecule has 0 unspecified atom stereocenters. The van der Waals surface area contributed by atoms with Crippen molar-refractivity contribution in [1.82, 2.24) is 0 Å². The first-order chi connectivity index (χ1) is 9.90. The molecule has 0 bridgehead atoms.